The molecule has 0 aliphatic heterocycles. The van der Waals surface area contributed by atoms with E-state index in [0.717, 1.165) is 12.0 Å². The van der Waals surface area contributed by atoms with Crippen LogP contribution in [0.4, 0.5) is 0 Å². The van der Waals surface area contributed by atoms with Gasteiger partial charge in [0, 0.05) is 0 Å². The highest BCUT2D eigenvalue weighted by Gasteiger charge is 2.36. The molecule has 0 amide bonds. The molecule has 0 aliphatic rings. The van der Waals surface area contributed by atoms with Crippen molar-refractivity contribution < 1.29 is 9.84 Å². The molecule has 0 fully saturated rings. The molecule has 1 N–H and O–H groups in total. The van der Waals surface area contributed by atoms with Crippen LogP contribution in [0, 0.1) is 0 Å². The Morgan fingerprint density at radius 3 is 2.00 bits per heavy atom. The summed E-state index contributed by atoms with van der Waals surface area (Å²) in [7, 11) is -1.42. The summed E-state index contributed by atoms with van der Waals surface area (Å²) >= 11 is 0. The predicted molar refractivity (Wildman–Crippen MR) is 91.7 cm³/mol. The van der Waals surface area contributed by atoms with Gasteiger partial charge in [0.15, 0.2) is 0 Å². The van der Waals surface area contributed by atoms with E-state index in [1.807, 2.05) is 26.8 Å². The summed E-state index contributed by atoms with van der Waals surface area (Å²) in [6, 6.07) is 0. The van der Waals surface area contributed by atoms with Crippen molar-refractivity contribution in [3.05, 3.63) is 36.6 Å². The van der Waals surface area contributed by atoms with Gasteiger partial charge in [-0.1, -0.05) is 37.5 Å². The molecule has 2 nitrogen and oxygen atoms in total. The molecule has 0 spiro atoms. The molecule has 0 radical (unpaired) electrons. The maximum atomic E-state index is 10.6. The van der Waals surface area contributed by atoms with E-state index in [4.69, 9.17) is 4.74 Å². The Balaban J connectivity index is 5.72. The monoisotopic (exact) mass is 296 g/mol. The van der Waals surface area contributed by atoms with Crippen molar-refractivity contribution in [1.82, 2.24) is 0 Å². The second-order valence-corrected chi connectivity index (χ2v) is 12.6. The molecular weight excluding hydrogens is 264 g/mol. The van der Waals surface area contributed by atoms with E-state index in [0.29, 0.717) is 0 Å². The van der Waals surface area contributed by atoms with Crippen LogP contribution in [0.25, 0.3) is 0 Å². The molecule has 0 saturated carbocycles. The highest BCUT2D eigenvalue weighted by Crippen LogP contribution is 2.30. The average Bonchev–Trinajstić information content (AvgIpc) is 2.22. The Labute approximate surface area is 126 Å². The smallest absolute Gasteiger partial charge is 0.111 e. The fourth-order valence-corrected chi connectivity index (χ4v) is 3.38. The van der Waals surface area contributed by atoms with E-state index in [-0.39, 0.29) is 5.60 Å². The molecule has 20 heavy (non-hydrogen) atoms. The fourth-order valence-electron chi connectivity index (χ4n) is 2.00. The molecule has 0 heterocycles. The second-order valence-electron chi connectivity index (χ2n) is 7.62. The molecule has 0 bridgehead atoms. The predicted octanol–water partition coefficient (Wildman–Crippen LogP) is 4.49. The first-order chi connectivity index (χ1) is 8.82. The Hall–Kier alpha value is -0.643. The lowest BCUT2D eigenvalue weighted by Gasteiger charge is -2.38. The van der Waals surface area contributed by atoms with Crippen LogP contribution in [0.2, 0.25) is 19.6 Å². The van der Waals surface area contributed by atoms with Gasteiger partial charge in [-0.15, -0.1) is 13.2 Å². The number of hydrogen-bond donors (Lipinski definition) is 1. The largest absolute Gasteiger partial charge is 0.383 e. The van der Waals surface area contributed by atoms with E-state index in [1.165, 1.54) is 0 Å². The average molecular weight is 297 g/mol. The van der Waals surface area contributed by atoms with Crippen molar-refractivity contribution in [3.8, 4) is 0 Å². The van der Waals surface area contributed by atoms with Gasteiger partial charge in [0.1, 0.15) is 11.7 Å². The normalized spacial score (nSPS) is 18.3. The number of aliphatic hydroxyl groups is 1. The van der Waals surface area contributed by atoms with Crippen molar-refractivity contribution in [2.75, 3.05) is 0 Å². The first kappa shape index (κ1) is 19.4. The van der Waals surface area contributed by atoms with E-state index in [9.17, 15) is 5.11 Å². The summed E-state index contributed by atoms with van der Waals surface area (Å²) in [6.45, 7) is 22.1. The Morgan fingerprint density at radius 1 is 1.20 bits per heavy atom. The highest BCUT2D eigenvalue weighted by atomic mass is 28.3. The van der Waals surface area contributed by atoms with Crippen LogP contribution in [-0.4, -0.2) is 30.5 Å². The van der Waals surface area contributed by atoms with Crippen molar-refractivity contribution in [1.29, 1.82) is 0 Å². The zero-order valence-corrected chi connectivity index (χ0v) is 15.3. The Bertz CT molecular complexity index is 367. The first-order valence-corrected chi connectivity index (χ1v) is 10.8. The van der Waals surface area contributed by atoms with Gasteiger partial charge in [0.2, 0.25) is 0 Å². The topological polar surface area (TPSA) is 29.5 Å². The molecule has 0 unspecified atom stereocenters. The molecule has 0 aromatic heterocycles. The van der Waals surface area contributed by atoms with Crippen molar-refractivity contribution in [2.45, 2.75) is 71.1 Å². The second kappa shape index (κ2) is 6.88. The first-order valence-electron chi connectivity index (χ1n) is 7.19. The van der Waals surface area contributed by atoms with E-state index >= 15 is 0 Å². The van der Waals surface area contributed by atoms with E-state index < -0.39 is 19.8 Å². The SMILES string of the molecule is C=CC/C(=C\[Si](C)(C)C)[C@@H](OC(C)(C)C)[C@@](C)(O)C=C. The van der Waals surface area contributed by atoms with E-state index in [1.54, 1.807) is 13.0 Å². The summed E-state index contributed by atoms with van der Waals surface area (Å²) in [5, 5.41) is 10.6. The van der Waals surface area contributed by atoms with Crippen LogP contribution in [0.15, 0.2) is 36.6 Å². The molecule has 0 aromatic carbocycles. The third kappa shape index (κ3) is 7.22. The molecule has 0 aliphatic carbocycles. The summed E-state index contributed by atoms with van der Waals surface area (Å²) in [5.41, 5.74) is 1.96. The number of hydrogen-bond acceptors (Lipinski definition) is 2. The van der Waals surface area contributed by atoms with Gasteiger partial charge >= 0.3 is 0 Å². The summed E-state index contributed by atoms with van der Waals surface area (Å²) in [4.78, 5) is 0. The van der Waals surface area contributed by atoms with Crippen LogP contribution in [0.5, 0.6) is 0 Å². The van der Waals surface area contributed by atoms with Gasteiger partial charge in [0.25, 0.3) is 0 Å². The van der Waals surface area contributed by atoms with Crippen LogP contribution in [-0.2, 0) is 4.74 Å². The van der Waals surface area contributed by atoms with E-state index in [2.05, 4.69) is 38.5 Å². The van der Waals surface area contributed by atoms with Gasteiger partial charge < -0.3 is 9.84 Å². The lowest BCUT2D eigenvalue weighted by molar-refractivity contribution is -0.116. The van der Waals surface area contributed by atoms with Crippen LogP contribution in [0.3, 0.4) is 0 Å². The molecule has 0 aromatic rings. The summed E-state index contributed by atoms with van der Waals surface area (Å²) < 4.78 is 6.14. The quantitative estimate of drug-likeness (QED) is 0.554. The minimum absolute atomic E-state index is 0.336. The molecule has 0 rings (SSSR count). The third-order valence-corrected chi connectivity index (χ3v) is 3.99. The molecule has 116 valence electrons. The van der Waals surface area contributed by atoms with Crippen LogP contribution < -0.4 is 0 Å². The van der Waals surface area contributed by atoms with Gasteiger partial charge in [-0.3, -0.25) is 0 Å². The third-order valence-electron chi connectivity index (χ3n) is 2.75. The number of ether oxygens (including phenoxy) is 1. The summed E-state index contributed by atoms with van der Waals surface area (Å²) in [5.74, 6) is 0. The minimum atomic E-state index is -1.42. The lowest BCUT2D eigenvalue weighted by atomic mass is 9.91. The van der Waals surface area contributed by atoms with Gasteiger partial charge in [-0.2, -0.15) is 0 Å². The maximum absolute atomic E-state index is 10.6. The van der Waals surface area contributed by atoms with Crippen molar-refractivity contribution in [3.63, 3.8) is 0 Å². The molecule has 2 atom stereocenters. The zero-order valence-electron chi connectivity index (χ0n) is 14.3. The van der Waals surface area contributed by atoms with Crippen molar-refractivity contribution in [2.24, 2.45) is 0 Å². The molecular formula is C17H32O2Si. The standard InChI is InChI=1S/C17H32O2Si/c1-10-12-14(13-20(7,8)9)15(17(6,18)11-2)19-16(3,4)5/h10-11,13,15,18H,1-2,12H2,3-9H3/b14-13+/t15-,17+/m1/s1. The number of allylic oxidation sites excluding steroid dienone is 1. The fraction of sp³-hybridized carbons (Fsp3) is 0.647. The minimum Gasteiger partial charge on any atom is -0.383 e. The van der Waals surface area contributed by atoms with Gasteiger partial charge in [-0.05, 0) is 39.7 Å². The van der Waals surface area contributed by atoms with Crippen LogP contribution in [0.1, 0.15) is 34.1 Å². The van der Waals surface area contributed by atoms with Gasteiger partial charge in [-0.25, -0.2) is 0 Å². The maximum Gasteiger partial charge on any atom is 0.111 e. The Morgan fingerprint density at radius 2 is 1.70 bits per heavy atom. The molecule has 0 saturated heterocycles. The number of rotatable bonds is 7. The van der Waals surface area contributed by atoms with Crippen LogP contribution >= 0.6 is 0 Å². The van der Waals surface area contributed by atoms with Crippen molar-refractivity contribution >= 4 is 8.07 Å². The van der Waals surface area contributed by atoms with Gasteiger partial charge in [0.05, 0.1) is 13.7 Å². The lowest BCUT2D eigenvalue weighted by Crippen LogP contribution is -2.45. The molecule has 3 heteroatoms. The zero-order chi connectivity index (χ0) is 16.2. The highest BCUT2D eigenvalue weighted by molar-refractivity contribution is 6.81. The summed E-state index contributed by atoms with van der Waals surface area (Å²) in [6.07, 6.45) is 3.74. The Kier molecular flexibility index (Phi) is 6.66.